The van der Waals surface area contributed by atoms with Crippen LogP contribution in [0, 0.1) is 5.92 Å². The Hall–Kier alpha value is -3.61. The van der Waals surface area contributed by atoms with Crippen LogP contribution in [0.5, 0.6) is 11.5 Å². The number of nitrogens with one attached hydrogen (secondary N) is 1. The molecule has 0 atom stereocenters. The van der Waals surface area contributed by atoms with E-state index in [1.807, 2.05) is 55.5 Å². The number of amides is 1. The highest BCUT2D eigenvalue weighted by atomic mass is 16.5. The van der Waals surface area contributed by atoms with Crippen LogP contribution in [-0.2, 0) is 4.79 Å². The summed E-state index contributed by atoms with van der Waals surface area (Å²) in [5, 5.41) is 11.7. The van der Waals surface area contributed by atoms with E-state index >= 15 is 0 Å². The van der Waals surface area contributed by atoms with Crippen molar-refractivity contribution >= 4 is 17.4 Å². The van der Waals surface area contributed by atoms with E-state index in [-0.39, 0.29) is 12.5 Å². The van der Waals surface area contributed by atoms with Crippen LogP contribution in [0.15, 0.2) is 60.7 Å². The van der Waals surface area contributed by atoms with Crippen LogP contribution < -0.4 is 19.7 Å². The monoisotopic (exact) mass is 446 g/mol. The number of carbonyl (C=O) groups excluding carboxylic acids is 1. The quantitative estimate of drug-likeness (QED) is 0.536. The highest BCUT2D eigenvalue weighted by molar-refractivity contribution is 5.92. The lowest BCUT2D eigenvalue weighted by Gasteiger charge is -2.30. The summed E-state index contributed by atoms with van der Waals surface area (Å²) in [5.74, 6) is 2.88. The van der Waals surface area contributed by atoms with Gasteiger partial charge in [-0.05, 0) is 74.2 Å². The Morgan fingerprint density at radius 1 is 0.939 bits per heavy atom. The van der Waals surface area contributed by atoms with Crippen LogP contribution in [0.4, 0.5) is 11.5 Å². The summed E-state index contributed by atoms with van der Waals surface area (Å²) < 4.78 is 10.9. The average Bonchev–Trinajstić information content (AvgIpc) is 2.85. The van der Waals surface area contributed by atoms with Crippen LogP contribution in [0.1, 0.15) is 26.7 Å². The molecular weight excluding hydrogens is 416 g/mol. The molecular formula is C26H30N4O3. The standard InChI is InChI=1S/C26H30N4O3/c1-3-32-22-8-10-23(11-9-22)33-18-26(31)27-21-6-4-20(5-7-21)24-12-13-25(29-28-24)30-16-14-19(2)15-17-30/h4-13,19H,3,14-18H2,1-2H3,(H,27,31). The van der Waals surface area contributed by atoms with Crippen molar-refractivity contribution in [3.8, 4) is 22.8 Å². The molecule has 4 rings (SSSR count). The van der Waals surface area contributed by atoms with E-state index in [4.69, 9.17) is 9.47 Å². The molecule has 2 heterocycles. The van der Waals surface area contributed by atoms with Gasteiger partial charge in [0, 0.05) is 24.3 Å². The Morgan fingerprint density at radius 3 is 2.21 bits per heavy atom. The molecule has 0 aliphatic carbocycles. The van der Waals surface area contributed by atoms with Crippen LogP contribution in [0.2, 0.25) is 0 Å². The first-order chi connectivity index (χ1) is 16.1. The number of hydrogen-bond acceptors (Lipinski definition) is 6. The fourth-order valence-corrected chi connectivity index (χ4v) is 3.75. The first-order valence-corrected chi connectivity index (χ1v) is 11.5. The summed E-state index contributed by atoms with van der Waals surface area (Å²) in [5.41, 5.74) is 2.46. The third-order valence-corrected chi connectivity index (χ3v) is 5.73. The van der Waals surface area contributed by atoms with E-state index in [0.717, 1.165) is 41.8 Å². The van der Waals surface area contributed by atoms with Gasteiger partial charge >= 0.3 is 0 Å². The second-order valence-electron chi connectivity index (χ2n) is 8.26. The molecule has 0 radical (unpaired) electrons. The molecule has 2 aromatic carbocycles. The Kier molecular flexibility index (Phi) is 7.40. The molecule has 1 aromatic heterocycles. The van der Waals surface area contributed by atoms with Gasteiger partial charge in [0.05, 0.1) is 12.3 Å². The average molecular weight is 447 g/mol. The molecule has 3 aromatic rings. The minimum absolute atomic E-state index is 0.0715. The third kappa shape index (κ3) is 6.22. The van der Waals surface area contributed by atoms with Gasteiger partial charge in [0.25, 0.3) is 5.91 Å². The number of hydrogen-bond donors (Lipinski definition) is 1. The van der Waals surface area contributed by atoms with Gasteiger partial charge < -0.3 is 19.7 Å². The van der Waals surface area contributed by atoms with E-state index < -0.39 is 0 Å². The van der Waals surface area contributed by atoms with Crippen molar-refractivity contribution in [3.63, 3.8) is 0 Å². The largest absolute Gasteiger partial charge is 0.494 e. The number of anilines is 2. The van der Waals surface area contributed by atoms with Crippen molar-refractivity contribution in [2.24, 2.45) is 5.92 Å². The lowest BCUT2D eigenvalue weighted by molar-refractivity contribution is -0.118. The molecule has 172 valence electrons. The molecule has 0 unspecified atom stereocenters. The highest BCUT2D eigenvalue weighted by Gasteiger charge is 2.17. The predicted molar refractivity (Wildman–Crippen MR) is 130 cm³/mol. The Bertz CT molecular complexity index is 1030. The Balaban J connectivity index is 1.28. The first-order valence-electron chi connectivity index (χ1n) is 11.5. The highest BCUT2D eigenvalue weighted by Crippen LogP contribution is 2.24. The molecule has 33 heavy (non-hydrogen) atoms. The molecule has 1 saturated heterocycles. The number of nitrogens with zero attached hydrogens (tertiary/aromatic N) is 3. The summed E-state index contributed by atoms with van der Waals surface area (Å²) in [4.78, 5) is 14.5. The first kappa shape index (κ1) is 22.6. The summed E-state index contributed by atoms with van der Waals surface area (Å²) in [6, 6.07) is 18.8. The van der Waals surface area contributed by atoms with Gasteiger partial charge in [-0.1, -0.05) is 19.1 Å². The molecule has 7 heteroatoms. The van der Waals surface area contributed by atoms with E-state index in [0.29, 0.717) is 18.0 Å². The van der Waals surface area contributed by atoms with Crippen LogP contribution in [0.25, 0.3) is 11.3 Å². The van der Waals surface area contributed by atoms with Crippen molar-refractivity contribution < 1.29 is 14.3 Å². The number of ether oxygens (including phenoxy) is 2. The lowest BCUT2D eigenvalue weighted by Crippen LogP contribution is -2.33. The van der Waals surface area contributed by atoms with Gasteiger partial charge in [0.1, 0.15) is 11.5 Å². The third-order valence-electron chi connectivity index (χ3n) is 5.73. The number of aromatic nitrogens is 2. The Labute approximate surface area is 194 Å². The summed E-state index contributed by atoms with van der Waals surface area (Å²) in [6.45, 7) is 6.83. The molecule has 0 bridgehead atoms. The molecule has 0 spiro atoms. The second kappa shape index (κ2) is 10.8. The van der Waals surface area contributed by atoms with E-state index in [1.54, 1.807) is 12.1 Å². The molecule has 1 aliphatic rings. The normalized spacial score (nSPS) is 14.1. The van der Waals surface area contributed by atoms with Gasteiger partial charge in [-0.3, -0.25) is 4.79 Å². The number of benzene rings is 2. The van der Waals surface area contributed by atoms with Crippen LogP contribution in [-0.4, -0.2) is 42.4 Å². The zero-order valence-corrected chi connectivity index (χ0v) is 19.2. The van der Waals surface area contributed by atoms with Crippen LogP contribution in [0.3, 0.4) is 0 Å². The lowest BCUT2D eigenvalue weighted by atomic mass is 9.99. The van der Waals surface area contributed by atoms with E-state index in [1.165, 1.54) is 12.8 Å². The van der Waals surface area contributed by atoms with Crippen molar-refractivity contribution in [3.05, 3.63) is 60.7 Å². The molecule has 7 nitrogen and oxygen atoms in total. The summed E-state index contributed by atoms with van der Waals surface area (Å²) in [6.07, 6.45) is 2.39. The van der Waals surface area contributed by atoms with Crippen LogP contribution >= 0.6 is 0 Å². The van der Waals surface area contributed by atoms with Gasteiger partial charge in [-0.15, -0.1) is 10.2 Å². The molecule has 0 saturated carbocycles. The molecule has 1 fully saturated rings. The van der Waals surface area contributed by atoms with Gasteiger partial charge in [-0.25, -0.2) is 0 Å². The van der Waals surface area contributed by atoms with Crippen molar-refractivity contribution in [1.82, 2.24) is 10.2 Å². The van der Waals surface area contributed by atoms with Gasteiger partial charge in [0.2, 0.25) is 0 Å². The minimum Gasteiger partial charge on any atom is -0.494 e. The van der Waals surface area contributed by atoms with E-state index in [2.05, 4.69) is 27.3 Å². The summed E-state index contributed by atoms with van der Waals surface area (Å²) >= 11 is 0. The number of rotatable bonds is 8. The fourth-order valence-electron chi connectivity index (χ4n) is 3.75. The maximum atomic E-state index is 12.2. The van der Waals surface area contributed by atoms with Crippen molar-refractivity contribution in [1.29, 1.82) is 0 Å². The molecule has 1 N–H and O–H groups in total. The number of piperidine rings is 1. The molecule has 1 amide bonds. The fraction of sp³-hybridized carbons (Fsp3) is 0.346. The summed E-state index contributed by atoms with van der Waals surface area (Å²) in [7, 11) is 0. The SMILES string of the molecule is CCOc1ccc(OCC(=O)Nc2ccc(-c3ccc(N4CCC(C)CC4)nn3)cc2)cc1. The maximum Gasteiger partial charge on any atom is 0.262 e. The van der Waals surface area contributed by atoms with Gasteiger partial charge in [-0.2, -0.15) is 0 Å². The topological polar surface area (TPSA) is 76.6 Å². The van der Waals surface area contributed by atoms with Crippen molar-refractivity contribution in [2.45, 2.75) is 26.7 Å². The maximum absolute atomic E-state index is 12.2. The number of carbonyl (C=O) groups is 1. The van der Waals surface area contributed by atoms with Gasteiger partial charge in [0.15, 0.2) is 12.4 Å². The zero-order valence-electron chi connectivity index (χ0n) is 19.2. The minimum atomic E-state index is -0.225. The predicted octanol–water partition coefficient (Wildman–Crippen LogP) is 4.80. The second-order valence-corrected chi connectivity index (χ2v) is 8.26. The zero-order chi connectivity index (χ0) is 23.0. The molecule has 1 aliphatic heterocycles. The van der Waals surface area contributed by atoms with E-state index in [9.17, 15) is 4.79 Å². The Morgan fingerprint density at radius 2 is 1.61 bits per heavy atom. The van der Waals surface area contributed by atoms with Crippen molar-refractivity contribution in [2.75, 3.05) is 36.5 Å². The smallest absolute Gasteiger partial charge is 0.262 e.